The molecule has 0 unspecified atom stereocenters. The number of rotatable bonds is 8. The first-order valence-corrected chi connectivity index (χ1v) is 10.9. The van der Waals surface area contributed by atoms with Crippen molar-refractivity contribution < 1.29 is 9.47 Å². The summed E-state index contributed by atoms with van der Waals surface area (Å²) in [6, 6.07) is 21.5. The SMILES string of the molecule is CCOc1ccc(Nc2ncc(-c3ccc4[nH]ncc4c3)c(Nc3ccccc3OC)n2)cc1. The molecule has 2 heterocycles. The Hall–Kier alpha value is -4.59. The summed E-state index contributed by atoms with van der Waals surface area (Å²) < 4.78 is 11.0. The molecule has 170 valence electrons. The van der Waals surface area contributed by atoms with Gasteiger partial charge in [-0.3, -0.25) is 5.10 Å². The maximum absolute atomic E-state index is 5.52. The van der Waals surface area contributed by atoms with Crippen LogP contribution in [0.4, 0.5) is 23.1 Å². The molecule has 3 aromatic carbocycles. The van der Waals surface area contributed by atoms with Crippen molar-refractivity contribution in [3.8, 4) is 22.6 Å². The Labute approximate surface area is 197 Å². The number of H-pyrrole nitrogens is 1. The number of aromatic amines is 1. The zero-order valence-corrected chi connectivity index (χ0v) is 18.9. The van der Waals surface area contributed by atoms with Crippen molar-refractivity contribution in [2.75, 3.05) is 24.4 Å². The number of para-hydroxylation sites is 2. The van der Waals surface area contributed by atoms with Crippen LogP contribution in [-0.2, 0) is 0 Å². The van der Waals surface area contributed by atoms with Crippen LogP contribution in [-0.4, -0.2) is 33.9 Å². The first-order valence-electron chi connectivity index (χ1n) is 10.9. The van der Waals surface area contributed by atoms with Gasteiger partial charge in [-0.25, -0.2) is 4.98 Å². The number of fused-ring (bicyclic) bond motifs is 1. The molecule has 0 fully saturated rings. The van der Waals surface area contributed by atoms with E-state index in [0.29, 0.717) is 18.4 Å². The van der Waals surface area contributed by atoms with E-state index in [1.54, 1.807) is 13.3 Å². The Morgan fingerprint density at radius 1 is 0.941 bits per heavy atom. The third-order valence-corrected chi connectivity index (χ3v) is 5.32. The van der Waals surface area contributed by atoms with Crippen molar-refractivity contribution in [3.05, 3.63) is 79.1 Å². The first kappa shape index (κ1) is 21.3. The van der Waals surface area contributed by atoms with Crippen LogP contribution in [0.5, 0.6) is 11.5 Å². The van der Waals surface area contributed by atoms with Gasteiger partial charge in [-0.15, -0.1) is 0 Å². The highest BCUT2D eigenvalue weighted by Gasteiger charge is 2.13. The molecule has 5 aromatic rings. The molecule has 0 spiro atoms. The van der Waals surface area contributed by atoms with Gasteiger partial charge in [0.15, 0.2) is 0 Å². The quantitative estimate of drug-likeness (QED) is 0.269. The molecule has 3 N–H and O–H groups in total. The lowest BCUT2D eigenvalue weighted by Crippen LogP contribution is -2.04. The van der Waals surface area contributed by atoms with E-state index in [4.69, 9.17) is 14.5 Å². The minimum Gasteiger partial charge on any atom is -0.495 e. The Balaban J connectivity index is 1.52. The third-order valence-electron chi connectivity index (χ3n) is 5.32. The number of benzene rings is 3. The van der Waals surface area contributed by atoms with E-state index in [9.17, 15) is 0 Å². The Morgan fingerprint density at radius 2 is 1.79 bits per heavy atom. The maximum Gasteiger partial charge on any atom is 0.229 e. The third kappa shape index (κ3) is 4.47. The van der Waals surface area contributed by atoms with E-state index >= 15 is 0 Å². The van der Waals surface area contributed by atoms with E-state index in [-0.39, 0.29) is 0 Å². The summed E-state index contributed by atoms with van der Waals surface area (Å²) in [7, 11) is 1.65. The number of hydrogen-bond donors (Lipinski definition) is 3. The van der Waals surface area contributed by atoms with Crippen LogP contribution in [0.2, 0.25) is 0 Å². The molecule has 2 aromatic heterocycles. The summed E-state index contributed by atoms with van der Waals surface area (Å²) >= 11 is 0. The zero-order chi connectivity index (χ0) is 23.3. The molecule has 0 aliphatic carbocycles. The van der Waals surface area contributed by atoms with Crippen molar-refractivity contribution in [1.29, 1.82) is 0 Å². The molecule has 0 amide bonds. The number of aromatic nitrogens is 4. The number of anilines is 4. The Kier molecular flexibility index (Phi) is 5.94. The molecule has 5 rings (SSSR count). The fourth-order valence-electron chi connectivity index (χ4n) is 3.66. The number of ether oxygens (including phenoxy) is 2. The van der Waals surface area contributed by atoms with E-state index in [1.807, 2.05) is 73.8 Å². The minimum absolute atomic E-state index is 0.467. The molecule has 0 aliphatic heterocycles. The first-order chi connectivity index (χ1) is 16.7. The Bertz CT molecular complexity index is 1410. The molecule has 0 saturated heterocycles. The molecule has 8 heteroatoms. The highest BCUT2D eigenvalue weighted by Crippen LogP contribution is 2.34. The molecule has 0 atom stereocenters. The second-order valence-electron chi connectivity index (χ2n) is 7.54. The molecule has 0 bridgehead atoms. The van der Waals surface area contributed by atoms with E-state index in [1.165, 1.54) is 0 Å². The number of hydrogen-bond acceptors (Lipinski definition) is 7. The van der Waals surface area contributed by atoms with Crippen LogP contribution >= 0.6 is 0 Å². The number of nitrogens with zero attached hydrogens (tertiary/aromatic N) is 3. The van der Waals surface area contributed by atoms with E-state index < -0.39 is 0 Å². The van der Waals surface area contributed by atoms with Crippen LogP contribution in [0.25, 0.3) is 22.0 Å². The van der Waals surface area contributed by atoms with Gasteiger partial charge in [0.05, 0.1) is 31.1 Å². The van der Waals surface area contributed by atoms with Crippen LogP contribution in [0.1, 0.15) is 6.92 Å². The van der Waals surface area contributed by atoms with Crippen LogP contribution in [0.3, 0.4) is 0 Å². The van der Waals surface area contributed by atoms with Crippen molar-refractivity contribution in [3.63, 3.8) is 0 Å². The summed E-state index contributed by atoms with van der Waals surface area (Å²) in [5, 5.41) is 14.8. The second-order valence-corrected chi connectivity index (χ2v) is 7.54. The zero-order valence-electron chi connectivity index (χ0n) is 18.9. The van der Waals surface area contributed by atoms with Gasteiger partial charge in [-0.1, -0.05) is 18.2 Å². The fourth-order valence-corrected chi connectivity index (χ4v) is 3.66. The molecular formula is C26H24N6O2. The predicted octanol–water partition coefficient (Wildman–Crippen LogP) is 5.91. The molecule has 8 nitrogen and oxygen atoms in total. The summed E-state index contributed by atoms with van der Waals surface area (Å²) in [5.41, 5.74) is 4.46. The summed E-state index contributed by atoms with van der Waals surface area (Å²) in [4.78, 5) is 9.37. The van der Waals surface area contributed by atoms with E-state index in [0.717, 1.165) is 44.9 Å². The smallest absolute Gasteiger partial charge is 0.229 e. The summed E-state index contributed by atoms with van der Waals surface area (Å²) in [6.45, 7) is 2.59. The lowest BCUT2D eigenvalue weighted by atomic mass is 10.1. The topological polar surface area (TPSA) is 97.0 Å². The van der Waals surface area contributed by atoms with Gasteiger partial charge in [0.1, 0.15) is 17.3 Å². The minimum atomic E-state index is 0.467. The predicted molar refractivity (Wildman–Crippen MR) is 134 cm³/mol. The van der Waals surface area contributed by atoms with Crippen molar-refractivity contribution in [1.82, 2.24) is 20.2 Å². The van der Waals surface area contributed by atoms with Crippen molar-refractivity contribution >= 4 is 34.0 Å². The normalized spacial score (nSPS) is 10.8. The molecule has 34 heavy (non-hydrogen) atoms. The average molecular weight is 453 g/mol. The van der Waals surface area contributed by atoms with Gasteiger partial charge in [-0.2, -0.15) is 10.1 Å². The number of methoxy groups -OCH3 is 1. The summed E-state index contributed by atoms with van der Waals surface area (Å²) in [5.74, 6) is 2.65. The molecular weight excluding hydrogens is 428 g/mol. The summed E-state index contributed by atoms with van der Waals surface area (Å²) in [6.07, 6.45) is 3.61. The largest absolute Gasteiger partial charge is 0.495 e. The fraction of sp³-hybridized carbons (Fsp3) is 0.115. The molecule has 0 aliphatic rings. The van der Waals surface area contributed by atoms with Gasteiger partial charge >= 0.3 is 0 Å². The van der Waals surface area contributed by atoms with E-state index in [2.05, 4.69) is 31.9 Å². The lowest BCUT2D eigenvalue weighted by molar-refractivity contribution is 0.340. The van der Waals surface area contributed by atoms with Crippen LogP contribution in [0, 0.1) is 0 Å². The Morgan fingerprint density at radius 3 is 2.62 bits per heavy atom. The van der Waals surface area contributed by atoms with Crippen molar-refractivity contribution in [2.24, 2.45) is 0 Å². The van der Waals surface area contributed by atoms with Gasteiger partial charge in [0.2, 0.25) is 5.95 Å². The van der Waals surface area contributed by atoms with Gasteiger partial charge in [0.25, 0.3) is 0 Å². The monoisotopic (exact) mass is 452 g/mol. The van der Waals surface area contributed by atoms with Crippen LogP contribution in [0.15, 0.2) is 79.1 Å². The highest BCUT2D eigenvalue weighted by atomic mass is 16.5. The molecule has 0 radical (unpaired) electrons. The standard InChI is InChI=1S/C26H24N6O2/c1-3-34-20-11-9-19(10-12-20)29-26-27-16-21(17-8-13-22-18(14-17)15-28-32-22)25(31-26)30-23-6-4-5-7-24(23)33-2/h4-16H,3H2,1-2H3,(H,28,32)(H2,27,29,30,31). The second kappa shape index (κ2) is 9.50. The lowest BCUT2D eigenvalue weighted by Gasteiger charge is -2.15. The molecule has 0 saturated carbocycles. The highest BCUT2D eigenvalue weighted by molar-refractivity contribution is 5.88. The van der Waals surface area contributed by atoms with Gasteiger partial charge in [-0.05, 0) is 61.0 Å². The van der Waals surface area contributed by atoms with Crippen LogP contribution < -0.4 is 20.1 Å². The van der Waals surface area contributed by atoms with Gasteiger partial charge < -0.3 is 20.1 Å². The maximum atomic E-state index is 5.52. The average Bonchev–Trinajstić information content (AvgIpc) is 3.34. The van der Waals surface area contributed by atoms with Crippen molar-refractivity contribution in [2.45, 2.75) is 6.92 Å². The number of nitrogens with one attached hydrogen (secondary N) is 3. The van der Waals surface area contributed by atoms with Gasteiger partial charge in [0, 0.05) is 22.8 Å².